The lowest BCUT2D eigenvalue weighted by molar-refractivity contribution is -1.01. The van der Waals surface area contributed by atoms with Gasteiger partial charge in [-0.3, -0.25) is 4.79 Å². The number of carbonyl (C=O) groups excluding carboxylic acids is 1. The lowest BCUT2D eigenvalue weighted by Crippen LogP contribution is -3.28. The Morgan fingerprint density at radius 2 is 1.73 bits per heavy atom. The Morgan fingerprint density at radius 1 is 1.00 bits per heavy atom. The fourth-order valence-corrected chi connectivity index (χ4v) is 3.70. The molecular weight excluding hydrogens is 294 g/mol. The van der Waals surface area contributed by atoms with Gasteiger partial charge in [0.25, 0.3) is 5.91 Å². The number of quaternary nitrogens is 2. The number of para-hydroxylation sites is 1. The molecule has 116 valence electrons. The van der Waals surface area contributed by atoms with Crippen LogP contribution in [0.1, 0.15) is 4.88 Å². The summed E-state index contributed by atoms with van der Waals surface area (Å²) in [5.74, 6) is 0.114. The molecule has 5 heteroatoms. The molecule has 0 atom stereocenters. The number of piperazine rings is 1. The van der Waals surface area contributed by atoms with Gasteiger partial charge < -0.3 is 15.1 Å². The van der Waals surface area contributed by atoms with Crippen molar-refractivity contribution in [2.75, 3.05) is 38.0 Å². The predicted molar refractivity (Wildman–Crippen MR) is 89.4 cm³/mol. The van der Waals surface area contributed by atoms with Crippen molar-refractivity contribution in [1.82, 2.24) is 0 Å². The van der Waals surface area contributed by atoms with Crippen LogP contribution in [0.3, 0.4) is 0 Å². The van der Waals surface area contributed by atoms with Crippen molar-refractivity contribution < 1.29 is 14.6 Å². The summed E-state index contributed by atoms with van der Waals surface area (Å²) in [6, 6.07) is 14.0. The lowest BCUT2D eigenvalue weighted by atomic mass is 10.3. The third-order valence-corrected chi connectivity index (χ3v) is 5.01. The highest BCUT2D eigenvalue weighted by Crippen LogP contribution is 2.06. The van der Waals surface area contributed by atoms with Gasteiger partial charge in [-0.1, -0.05) is 24.3 Å². The third-order valence-electron chi connectivity index (χ3n) is 4.14. The zero-order valence-corrected chi connectivity index (χ0v) is 13.5. The fraction of sp³-hybridized carbons (Fsp3) is 0.353. The second-order valence-corrected chi connectivity index (χ2v) is 6.88. The van der Waals surface area contributed by atoms with Gasteiger partial charge in [0.15, 0.2) is 6.54 Å². The molecular formula is C17H23N3OS+2. The molecule has 1 aliphatic rings. The molecule has 1 amide bonds. The zero-order valence-electron chi connectivity index (χ0n) is 12.7. The monoisotopic (exact) mass is 317 g/mol. The van der Waals surface area contributed by atoms with Crippen LogP contribution >= 0.6 is 11.3 Å². The fourth-order valence-electron chi connectivity index (χ4n) is 2.92. The molecule has 0 saturated carbocycles. The van der Waals surface area contributed by atoms with Gasteiger partial charge in [-0.25, -0.2) is 0 Å². The number of rotatable bonds is 5. The summed E-state index contributed by atoms with van der Waals surface area (Å²) in [7, 11) is 0. The first-order valence-electron chi connectivity index (χ1n) is 7.84. The van der Waals surface area contributed by atoms with Crippen LogP contribution in [0.15, 0.2) is 47.8 Å². The SMILES string of the molecule is O=C(C[NH+]1CC[NH+](Cc2cccs2)CC1)Nc1ccccc1. The Bertz CT molecular complexity index is 577. The first-order chi connectivity index (χ1) is 10.8. The van der Waals surface area contributed by atoms with E-state index in [9.17, 15) is 4.79 Å². The molecule has 2 aromatic rings. The maximum absolute atomic E-state index is 12.1. The summed E-state index contributed by atoms with van der Waals surface area (Å²) in [5.41, 5.74) is 0.883. The highest BCUT2D eigenvalue weighted by molar-refractivity contribution is 7.09. The van der Waals surface area contributed by atoms with E-state index >= 15 is 0 Å². The minimum atomic E-state index is 0.114. The van der Waals surface area contributed by atoms with Crippen LogP contribution in [-0.2, 0) is 11.3 Å². The maximum Gasteiger partial charge on any atom is 0.279 e. The van der Waals surface area contributed by atoms with Gasteiger partial charge in [0.2, 0.25) is 0 Å². The molecule has 1 fully saturated rings. The highest BCUT2D eigenvalue weighted by atomic mass is 32.1. The van der Waals surface area contributed by atoms with Crippen LogP contribution in [-0.4, -0.2) is 38.6 Å². The molecule has 0 unspecified atom stereocenters. The molecule has 2 heterocycles. The lowest BCUT2D eigenvalue weighted by Gasteiger charge is -2.29. The number of nitrogens with one attached hydrogen (secondary N) is 3. The van der Waals surface area contributed by atoms with Crippen molar-refractivity contribution in [3.05, 3.63) is 52.7 Å². The minimum Gasteiger partial charge on any atom is -0.321 e. The summed E-state index contributed by atoms with van der Waals surface area (Å²) >= 11 is 1.84. The average Bonchev–Trinajstić information content (AvgIpc) is 3.03. The molecule has 3 N–H and O–H groups in total. The molecule has 0 radical (unpaired) electrons. The Balaban J connectivity index is 1.41. The first-order valence-corrected chi connectivity index (χ1v) is 8.72. The van der Waals surface area contributed by atoms with E-state index in [-0.39, 0.29) is 5.91 Å². The molecule has 4 nitrogen and oxygen atoms in total. The van der Waals surface area contributed by atoms with E-state index in [1.807, 2.05) is 41.7 Å². The summed E-state index contributed by atoms with van der Waals surface area (Å²) in [6.07, 6.45) is 0. The van der Waals surface area contributed by atoms with Gasteiger partial charge in [-0.2, -0.15) is 0 Å². The molecule has 1 aliphatic heterocycles. The molecule has 0 spiro atoms. The highest BCUT2D eigenvalue weighted by Gasteiger charge is 2.24. The summed E-state index contributed by atoms with van der Waals surface area (Å²) in [6.45, 7) is 6.13. The van der Waals surface area contributed by atoms with E-state index in [1.165, 1.54) is 9.78 Å². The standard InChI is InChI=1S/C17H21N3OS/c21-17(18-15-5-2-1-3-6-15)14-20-10-8-19(9-11-20)13-16-7-4-12-22-16/h1-7,12H,8-11,13-14H2,(H,18,21)/p+2. The van der Waals surface area contributed by atoms with Crippen LogP contribution in [0.25, 0.3) is 0 Å². The van der Waals surface area contributed by atoms with Crippen molar-refractivity contribution >= 4 is 22.9 Å². The zero-order chi connectivity index (χ0) is 15.2. The average molecular weight is 317 g/mol. The molecule has 0 bridgehead atoms. The van der Waals surface area contributed by atoms with Crippen LogP contribution in [0, 0.1) is 0 Å². The van der Waals surface area contributed by atoms with Gasteiger partial charge in [0.1, 0.15) is 32.7 Å². The summed E-state index contributed by atoms with van der Waals surface area (Å²) in [4.78, 5) is 16.6. The second kappa shape index (κ2) is 7.54. The summed E-state index contributed by atoms with van der Waals surface area (Å²) < 4.78 is 0. The van der Waals surface area contributed by atoms with Gasteiger partial charge in [0, 0.05) is 5.69 Å². The number of benzene rings is 1. The number of hydrogen-bond donors (Lipinski definition) is 3. The van der Waals surface area contributed by atoms with Gasteiger partial charge in [0.05, 0.1) is 4.88 Å². The Hall–Kier alpha value is -1.69. The smallest absolute Gasteiger partial charge is 0.279 e. The molecule has 22 heavy (non-hydrogen) atoms. The maximum atomic E-state index is 12.1. The quantitative estimate of drug-likeness (QED) is 0.694. The number of amides is 1. The van der Waals surface area contributed by atoms with E-state index in [0.29, 0.717) is 6.54 Å². The van der Waals surface area contributed by atoms with Crippen LogP contribution in [0.5, 0.6) is 0 Å². The third kappa shape index (κ3) is 4.40. The van der Waals surface area contributed by atoms with Crippen molar-refractivity contribution in [3.8, 4) is 0 Å². The van der Waals surface area contributed by atoms with Crippen LogP contribution in [0.2, 0.25) is 0 Å². The minimum absolute atomic E-state index is 0.114. The Morgan fingerprint density at radius 3 is 2.41 bits per heavy atom. The largest absolute Gasteiger partial charge is 0.321 e. The topological polar surface area (TPSA) is 38.0 Å². The second-order valence-electron chi connectivity index (χ2n) is 5.85. The predicted octanol–water partition coefficient (Wildman–Crippen LogP) is -0.330. The van der Waals surface area contributed by atoms with Gasteiger partial charge >= 0.3 is 0 Å². The number of hydrogen-bond acceptors (Lipinski definition) is 2. The Kier molecular flexibility index (Phi) is 5.21. The van der Waals surface area contributed by atoms with E-state index in [1.54, 1.807) is 4.90 Å². The normalized spacial score (nSPS) is 21.5. The molecule has 1 aromatic carbocycles. The van der Waals surface area contributed by atoms with Crippen molar-refractivity contribution in [2.45, 2.75) is 6.54 Å². The van der Waals surface area contributed by atoms with Crippen molar-refractivity contribution in [2.24, 2.45) is 0 Å². The van der Waals surface area contributed by atoms with E-state index in [4.69, 9.17) is 0 Å². The van der Waals surface area contributed by atoms with Gasteiger partial charge in [-0.15, -0.1) is 11.3 Å². The molecule has 3 rings (SSSR count). The molecule has 1 saturated heterocycles. The van der Waals surface area contributed by atoms with Gasteiger partial charge in [-0.05, 0) is 23.6 Å². The van der Waals surface area contributed by atoms with E-state index < -0.39 is 0 Å². The molecule has 1 aromatic heterocycles. The van der Waals surface area contributed by atoms with Crippen LogP contribution in [0.4, 0.5) is 5.69 Å². The van der Waals surface area contributed by atoms with Crippen LogP contribution < -0.4 is 15.1 Å². The number of anilines is 1. The number of thiophene rings is 1. The van der Waals surface area contributed by atoms with E-state index in [2.05, 4.69) is 22.8 Å². The summed E-state index contributed by atoms with van der Waals surface area (Å²) in [5, 5.41) is 5.11. The molecule has 0 aliphatic carbocycles. The van der Waals surface area contributed by atoms with Crippen molar-refractivity contribution in [3.63, 3.8) is 0 Å². The number of carbonyl (C=O) groups is 1. The van der Waals surface area contributed by atoms with Crippen molar-refractivity contribution in [1.29, 1.82) is 0 Å². The van der Waals surface area contributed by atoms with E-state index in [0.717, 1.165) is 38.4 Å². The first kappa shape index (κ1) is 15.2. The Labute approximate surface area is 135 Å².